The van der Waals surface area contributed by atoms with Crippen LogP contribution in [-0.2, 0) is 9.53 Å². The fourth-order valence-corrected chi connectivity index (χ4v) is 5.00. The largest absolute Gasteiger partial charge is 0.383 e. The Kier molecular flexibility index (Phi) is 7.52. The lowest BCUT2D eigenvalue weighted by Crippen LogP contribution is -2.48. The predicted octanol–water partition coefficient (Wildman–Crippen LogP) is 3.19. The standard InChI is InChI=1S/C19H26N4O3S2/c1-13-8-11-27-17(13)16(18(24)20-14-6-4-3-5-7-14)23(9-10-26-2)19(25)15-12-28-22-21-15/h8,11-12,14,16H,3-7,9-10H2,1-2H3,(H,20,24)/t16-/m1/s1. The number of hydrogen-bond acceptors (Lipinski definition) is 7. The molecule has 0 aliphatic heterocycles. The zero-order chi connectivity index (χ0) is 19.9. The molecule has 28 heavy (non-hydrogen) atoms. The maximum atomic E-state index is 13.4. The maximum absolute atomic E-state index is 13.4. The van der Waals surface area contributed by atoms with E-state index in [-0.39, 0.29) is 23.6 Å². The van der Waals surface area contributed by atoms with Crippen LogP contribution in [0.3, 0.4) is 0 Å². The summed E-state index contributed by atoms with van der Waals surface area (Å²) in [5.74, 6) is -0.438. The molecule has 2 heterocycles. The molecule has 1 aliphatic carbocycles. The number of aromatic nitrogens is 2. The topological polar surface area (TPSA) is 84.4 Å². The van der Waals surface area contributed by atoms with Crippen LogP contribution >= 0.6 is 22.9 Å². The van der Waals surface area contributed by atoms with E-state index < -0.39 is 6.04 Å². The van der Waals surface area contributed by atoms with Crippen LogP contribution in [0.15, 0.2) is 16.8 Å². The lowest BCUT2D eigenvalue weighted by Gasteiger charge is -2.32. The average Bonchev–Trinajstić information content (AvgIpc) is 3.37. The Bertz CT molecular complexity index is 772. The van der Waals surface area contributed by atoms with E-state index in [0.29, 0.717) is 13.2 Å². The fraction of sp³-hybridized carbons (Fsp3) is 0.579. The van der Waals surface area contributed by atoms with Gasteiger partial charge in [-0.3, -0.25) is 9.59 Å². The first-order valence-corrected chi connectivity index (χ1v) is 11.2. The van der Waals surface area contributed by atoms with Gasteiger partial charge in [-0.2, -0.15) is 0 Å². The zero-order valence-corrected chi connectivity index (χ0v) is 17.9. The van der Waals surface area contributed by atoms with Crippen LogP contribution in [0, 0.1) is 6.92 Å². The van der Waals surface area contributed by atoms with Crippen LogP contribution in [0.2, 0.25) is 0 Å². The van der Waals surface area contributed by atoms with Crippen molar-refractivity contribution >= 4 is 34.7 Å². The molecule has 0 bridgehead atoms. The van der Waals surface area contributed by atoms with Crippen molar-refractivity contribution in [3.63, 3.8) is 0 Å². The van der Waals surface area contributed by atoms with Crippen molar-refractivity contribution < 1.29 is 14.3 Å². The molecule has 3 rings (SSSR count). The number of rotatable bonds is 8. The molecule has 2 amide bonds. The second kappa shape index (κ2) is 10.1. The second-order valence-electron chi connectivity index (χ2n) is 7.00. The highest BCUT2D eigenvalue weighted by Crippen LogP contribution is 2.31. The molecule has 0 unspecified atom stereocenters. The summed E-state index contributed by atoms with van der Waals surface area (Å²) in [5.41, 5.74) is 1.26. The molecule has 0 radical (unpaired) electrons. The van der Waals surface area contributed by atoms with Crippen LogP contribution in [0.25, 0.3) is 0 Å². The minimum absolute atomic E-state index is 0.134. The Labute approximate surface area is 173 Å². The third-order valence-corrected chi connectivity index (χ3v) is 6.61. The van der Waals surface area contributed by atoms with Crippen molar-refractivity contribution in [3.8, 4) is 0 Å². The van der Waals surface area contributed by atoms with Crippen LogP contribution in [0.5, 0.6) is 0 Å². The molecule has 2 aromatic rings. The van der Waals surface area contributed by atoms with Crippen molar-refractivity contribution in [2.24, 2.45) is 0 Å². The predicted molar refractivity (Wildman–Crippen MR) is 110 cm³/mol. The van der Waals surface area contributed by atoms with Crippen molar-refractivity contribution in [2.75, 3.05) is 20.3 Å². The molecule has 0 saturated heterocycles. The number of thiophene rings is 1. The second-order valence-corrected chi connectivity index (χ2v) is 8.55. The summed E-state index contributed by atoms with van der Waals surface area (Å²) < 4.78 is 9.01. The average molecular weight is 423 g/mol. The quantitative estimate of drug-likeness (QED) is 0.706. The van der Waals surface area contributed by atoms with E-state index in [0.717, 1.165) is 47.7 Å². The number of hydrogen-bond donors (Lipinski definition) is 1. The number of amides is 2. The summed E-state index contributed by atoms with van der Waals surface area (Å²) in [5, 5.41) is 10.7. The van der Waals surface area contributed by atoms with E-state index in [9.17, 15) is 9.59 Å². The van der Waals surface area contributed by atoms with Crippen LogP contribution < -0.4 is 5.32 Å². The van der Waals surface area contributed by atoms with Gasteiger partial charge in [0.2, 0.25) is 5.91 Å². The highest BCUT2D eigenvalue weighted by molar-refractivity contribution is 7.10. The van der Waals surface area contributed by atoms with Crippen LogP contribution in [0.1, 0.15) is 59.1 Å². The first-order valence-electron chi connectivity index (χ1n) is 9.53. The van der Waals surface area contributed by atoms with Gasteiger partial charge >= 0.3 is 0 Å². The molecule has 7 nitrogen and oxygen atoms in total. The number of ether oxygens (including phenoxy) is 1. The highest BCUT2D eigenvalue weighted by Gasteiger charge is 2.35. The first-order chi connectivity index (χ1) is 13.6. The maximum Gasteiger partial charge on any atom is 0.276 e. The van der Waals surface area contributed by atoms with Gasteiger partial charge in [-0.15, -0.1) is 16.4 Å². The van der Waals surface area contributed by atoms with Crippen molar-refractivity contribution in [3.05, 3.63) is 33.0 Å². The van der Waals surface area contributed by atoms with Gasteiger partial charge in [0.25, 0.3) is 5.91 Å². The van der Waals surface area contributed by atoms with Gasteiger partial charge in [0, 0.05) is 30.0 Å². The van der Waals surface area contributed by atoms with E-state index in [1.807, 2.05) is 18.4 Å². The molecule has 1 N–H and O–H groups in total. The number of methoxy groups -OCH3 is 1. The fourth-order valence-electron chi connectivity index (χ4n) is 3.54. The van der Waals surface area contributed by atoms with Gasteiger partial charge in [-0.1, -0.05) is 23.8 Å². The Morgan fingerprint density at radius 1 is 1.36 bits per heavy atom. The molecule has 1 aliphatic rings. The summed E-state index contributed by atoms with van der Waals surface area (Å²) in [6, 6.07) is 1.44. The van der Waals surface area contributed by atoms with Crippen molar-refractivity contribution in [1.29, 1.82) is 0 Å². The summed E-state index contributed by atoms with van der Waals surface area (Å²) in [6.45, 7) is 2.60. The minimum Gasteiger partial charge on any atom is -0.383 e. The van der Waals surface area contributed by atoms with Gasteiger partial charge in [-0.05, 0) is 48.3 Å². The van der Waals surface area contributed by atoms with E-state index in [1.165, 1.54) is 17.8 Å². The summed E-state index contributed by atoms with van der Waals surface area (Å²) in [6.07, 6.45) is 5.46. The lowest BCUT2D eigenvalue weighted by atomic mass is 9.95. The minimum atomic E-state index is -0.703. The normalized spacial score (nSPS) is 15.9. The molecule has 1 saturated carbocycles. The number of aryl methyl sites for hydroxylation is 1. The van der Waals surface area contributed by atoms with Crippen molar-refractivity contribution in [1.82, 2.24) is 19.8 Å². The van der Waals surface area contributed by atoms with E-state index in [1.54, 1.807) is 17.4 Å². The summed E-state index contributed by atoms with van der Waals surface area (Å²) >= 11 is 2.62. The molecule has 9 heteroatoms. The van der Waals surface area contributed by atoms with Gasteiger partial charge in [0.15, 0.2) is 5.69 Å². The van der Waals surface area contributed by atoms with E-state index >= 15 is 0 Å². The Morgan fingerprint density at radius 2 is 2.14 bits per heavy atom. The SMILES string of the molecule is COCCN(C(=O)c1csnn1)[C@@H](C(=O)NC1CCCCC1)c1sccc1C. The number of nitrogens with zero attached hydrogens (tertiary/aromatic N) is 3. The number of carbonyl (C=O) groups is 2. The summed E-state index contributed by atoms with van der Waals surface area (Å²) in [7, 11) is 1.58. The Balaban J connectivity index is 1.90. The molecule has 2 aromatic heterocycles. The first kappa shape index (κ1) is 20.9. The molecule has 0 aromatic carbocycles. The van der Waals surface area contributed by atoms with Gasteiger partial charge in [-0.25, -0.2) is 0 Å². The molecule has 0 spiro atoms. The Morgan fingerprint density at radius 3 is 2.75 bits per heavy atom. The van der Waals surface area contributed by atoms with Gasteiger partial charge in [0.05, 0.1) is 6.61 Å². The van der Waals surface area contributed by atoms with Gasteiger partial charge < -0.3 is 15.0 Å². The molecular formula is C19H26N4O3S2. The van der Waals surface area contributed by atoms with E-state index in [2.05, 4.69) is 14.9 Å². The van der Waals surface area contributed by atoms with Crippen molar-refractivity contribution in [2.45, 2.75) is 51.1 Å². The van der Waals surface area contributed by atoms with E-state index in [4.69, 9.17) is 4.74 Å². The molecular weight excluding hydrogens is 396 g/mol. The lowest BCUT2D eigenvalue weighted by molar-refractivity contribution is -0.127. The smallest absolute Gasteiger partial charge is 0.276 e. The molecule has 1 fully saturated rings. The summed E-state index contributed by atoms with van der Waals surface area (Å²) in [4.78, 5) is 29.0. The number of carbonyl (C=O) groups excluding carboxylic acids is 2. The van der Waals surface area contributed by atoms with Crippen LogP contribution in [0.4, 0.5) is 0 Å². The van der Waals surface area contributed by atoms with Crippen LogP contribution in [-0.4, -0.2) is 52.6 Å². The third kappa shape index (κ3) is 4.95. The third-order valence-electron chi connectivity index (χ3n) is 5.04. The Hall–Kier alpha value is -1.84. The van der Waals surface area contributed by atoms with Gasteiger partial charge in [0.1, 0.15) is 6.04 Å². The zero-order valence-electron chi connectivity index (χ0n) is 16.2. The molecule has 152 valence electrons. The number of nitrogens with one attached hydrogen (secondary N) is 1. The highest BCUT2D eigenvalue weighted by atomic mass is 32.1. The molecule has 1 atom stereocenters. The monoisotopic (exact) mass is 422 g/mol.